The molecule has 1 saturated heterocycles. The van der Waals surface area contributed by atoms with Crippen LogP contribution >= 0.6 is 11.3 Å². The third kappa shape index (κ3) is 2.75. The van der Waals surface area contributed by atoms with Crippen LogP contribution in [0.3, 0.4) is 0 Å². The van der Waals surface area contributed by atoms with Crippen LogP contribution in [-0.4, -0.2) is 35.4 Å². The molecule has 3 heterocycles. The molecule has 1 aliphatic heterocycles. The lowest BCUT2D eigenvalue weighted by Crippen LogP contribution is -2.37. The Kier molecular flexibility index (Phi) is 3.60. The lowest BCUT2D eigenvalue weighted by atomic mass is 10.1. The lowest BCUT2D eigenvalue weighted by molar-refractivity contribution is 0.459. The van der Waals surface area contributed by atoms with Gasteiger partial charge in [0.15, 0.2) is 4.96 Å². The number of rotatable bonds is 3. The van der Waals surface area contributed by atoms with Crippen molar-refractivity contribution in [1.82, 2.24) is 14.7 Å². The number of thiazole rings is 1. The van der Waals surface area contributed by atoms with Gasteiger partial charge in [0.25, 0.3) is 0 Å². The van der Waals surface area contributed by atoms with Crippen LogP contribution in [0.4, 0.5) is 0 Å². The third-order valence-electron chi connectivity index (χ3n) is 3.85. The quantitative estimate of drug-likeness (QED) is 0.936. The molecule has 20 heavy (non-hydrogen) atoms. The molecule has 0 aliphatic carbocycles. The Morgan fingerprint density at radius 1 is 1.40 bits per heavy atom. The highest BCUT2D eigenvalue weighted by molar-refractivity contribution is 7.91. The van der Waals surface area contributed by atoms with Crippen molar-refractivity contribution >= 4 is 26.1 Å². The monoisotopic (exact) mass is 313 g/mol. The Balaban J connectivity index is 1.69. The topological polar surface area (TPSA) is 63.5 Å². The van der Waals surface area contributed by atoms with Crippen LogP contribution in [0.15, 0.2) is 6.20 Å². The van der Waals surface area contributed by atoms with Gasteiger partial charge in [-0.2, -0.15) is 0 Å². The second-order valence-corrected chi connectivity index (χ2v) is 8.96. The second kappa shape index (κ2) is 5.13. The predicted octanol–water partition coefficient (Wildman–Crippen LogP) is 1.68. The van der Waals surface area contributed by atoms with E-state index in [1.165, 1.54) is 10.6 Å². The standard InChI is InChI=1S/C13H19N3O2S2/c1-9-8-16-12(10(2)15-13(16)19-9)7-14-11-3-5-20(17,18)6-4-11/h8,11,14H,3-7H2,1-2H3. The molecule has 1 aliphatic rings. The van der Waals surface area contributed by atoms with Crippen LogP contribution in [0, 0.1) is 13.8 Å². The number of fused-ring (bicyclic) bond motifs is 1. The zero-order valence-corrected chi connectivity index (χ0v) is 13.4. The molecule has 0 saturated carbocycles. The minimum atomic E-state index is -2.78. The summed E-state index contributed by atoms with van der Waals surface area (Å²) in [6.45, 7) is 4.85. The van der Waals surface area contributed by atoms with Gasteiger partial charge in [-0.25, -0.2) is 13.4 Å². The molecule has 0 atom stereocenters. The summed E-state index contributed by atoms with van der Waals surface area (Å²) in [4.78, 5) is 6.84. The van der Waals surface area contributed by atoms with E-state index in [2.05, 4.69) is 27.8 Å². The number of hydrogen-bond acceptors (Lipinski definition) is 5. The summed E-state index contributed by atoms with van der Waals surface area (Å²) in [5.74, 6) is 0.617. The Morgan fingerprint density at radius 3 is 2.80 bits per heavy atom. The molecule has 1 fully saturated rings. The van der Waals surface area contributed by atoms with Crippen LogP contribution in [0.1, 0.15) is 29.1 Å². The molecule has 7 heteroatoms. The van der Waals surface area contributed by atoms with E-state index in [1.807, 2.05) is 6.92 Å². The van der Waals surface area contributed by atoms with Gasteiger partial charge < -0.3 is 5.32 Å². The SMILES string of the molecule is Cc1cn2c(CNC3CCS(=O)(=O)CC3)c(C)nc2s1. The number of nitrogens with zero attached hydrogens (tertiary/aromatic N) is 2. The number of aryl methyl sites for hydroxylation is 2. The van der Waals surface area contributed by atoms with Crippen molar-refractivity contribution < 1.29 is 8.42 Å². The first-order chi connectivity index (χ1) is 9.44. The van der Waals surface area contributed by atoms with E-state index in [-0.39, 0.29) is 0 Å². The highest BCUT2D eigenvalue weighted by Crippen LogP contribution is 2.21. The summed E-state index contributed by atoms with van der Waals surface area (Å²) in [5.41, 5.74) is 2.23. The number of aromatic nitrogens is 2. The third-order valence-corrected chi connectivity index (χ3v) is 6.47. The van der Waals surface area contributed by atoms with E-state index in [4.69, 9.17) is 0 Å². The van der Waals surface area contributed by atoms with Gasteiger partial charge in [-0.15, -0.1) is 11.3 Å². The van der Waals surface area contributed by atoms with Gasteiger partial charge in [0.1, 0.15) is 9.84 Å². The van der Waals surface area contributed by atoms with Crippen molar-refractivity contribution in [2.24, 2.45) is 0 Å². The Labute approximate surface area is 122 Å². The molecule has 0 unspecified atom stereocenters. The van der Waals surface area contributed by atoms with Gasteiger partial charge in [0.2, 0.25) is 0 Å². The van der Waals surface area contributed by atoms with Gasteiger partial charge in [0.05, 0.1) is 22.9 Å². The summed E-state index contributed by atoms with van der Waals surface area (Å²) in [5, 5.41) is 3.48. The van der Waals surface area contributed by atoms with E-state index in [0.717, 1.165) is 17.2 Å². The molecule has 2 aromatic rings. The van der Waals surface area contributed by atoms with E-state index in [1.54, 1.807) is 11.3 Å². The highest BCUT2D eigenvalue weighted by Gasteiger charge is 2.23. The number of hydrogen-bond donors (Lipinski definition) is 1. The molecular formula is C13H19N3O2S2. The molecular weight excluding hydrogens is 294 g/mol. The summed E-state index contributed by atoms with van der Waals surface area (Å²) < 4.78 is 25.0. The van der Waals surface area contributed by atoms with Crippen LogP contribution in [0.25, 0.3) is 4.96 Å². The van der Waals surface area contributed by atoms with Crippen molar-refractivity contribution in [2.45, 2.75) is 39.3 Å². The zero-order chi connectivity index (χ0) is 14.3. The summed E-state index contributed by atoms with van der Waals surface area (Å²) in [6.07, 6.45) is 3.54. The van der Waals surface area contributed by atoms with Crippen LogP contribution in [0.2, 0.25) is 0 Å². The van der Waals surface area contributed by atoms with E-state index >= 15 is 0 Å². The summed E-state index contributed by atoms with van der Waals surface area (Å²) in [7, 11) is -2.78. The molecule has 0 aromatic carbocycles. The van der Waals surface area contributed by atoms with Crippen molar-refractivity contribution in [3.05, 3.63) is 22.5 Å². The molecule has 0 amide bonds. The average Bonchev–Trinajstić information content (AvgIpc) is 2.84. The maximum Gasteiger partial charge on any atom is 0.194 e. The van der Waals surface area contributed by atoms with Crippen molar-refractivity contribution in [3.8, 4) is 0 Å². The van der Waals surface area contributed by atoms with Gasteiger partial charge in [-0.3, -0.25) is 4.40 Å². The van der Waals surface area contributed by atoms with Gasteiger partial charge in [-0.05, 0) is 26.7 Å². The Bertz CT molecular complexity index is 716. The van der Waals surface area contributed by atoms with Crippen molar-refractivity contribution in [1.29, 1.82) is 0 Å². The molecule has 0 radical (unpaired) electrons. The Hall–Kier alpha value is -0.920. The molecule has 1 N–H and O–H groups in total. The smallest absolute Gasteiger partial charge is 0.194 e. The van der Waals surface area contributed by atoms with Gasteiger partial charge >= 0.3 is 0 Å². The second-order valence-electron chi connectivity index (χ2n) is 5.45. The van der Waals surface area contributed by atoms with Gasteiger partial charge in [-0.1, -0.05) is 0 Å². The molecule has 110 valence electrons. The maximum absolute atomic E-state index is 11.4. The zero-order valence-electron chi connectivity index (χ0n) is 11.7. The van der Waals surface area contributed by atoms with Crippen LogP contribution < -0.4 is 5.32 Å². The summed E-state index contributed by atoms with van der Waals surface area (Å²) in [6, 6.07) is 0.295. The van der Waals surface area contributed by atoms with E-state index in [9.17, 15) is 8.42 Å². The van der Waals surface area contributed by atoms with Crippen LogP contribution in [-0.2, 0) is 16.4 Å². The first-order valence-electron chi connectivity index (χ1n) is 6.82. The fourth-order valence-corrected chi connectivity index (χ4v) is 5.04. The summed E-state index contributed by atoms with van der Waals surface area (Å²) >= 11 is 1.69. The van der Waals surface area contributed by atoms with Gasteiger partial charge in [0, 0.05) is 23.7 Å². The minimum absolute atomic E-state index is 0.295. The van der Waals surface area contributed by atoms with E-state index in [0.29, 0.717) is 30.4 Å². The molecule has 5 nitrogen and oxygen atoms in total. The molecule has 3 rings (SSSR count). The maximum atomic E-state index is 11.4. The van der Waals surface area contributed by atoms with E-state index < -0.39 is 9.84 Å². The van der Waals surface area contributed by atoms with Crippen LogP contribution in [0.5, 0.6) is 0 Å². The molecule has 2 aromatic heterocycles. The minimum Gasteiger partial charge on any atom is -0.308 e. The first kappa shape index (κ1) is 14.0. The first-order valence-corrected chi connectivity index (χ1v) is 9.46. The predicted molar refractivity (Wildman–Crippen MR) is 81.1 cm³/mol. The normalized spacial score (nSPS) is 19.7. The molecule has 0 bridgehead atoms. The average molecular weight is 313 g/mol. The lowest BCUT2D eigenvalue weighted by Gasteiger charge is -2.23. The van der Waals surface area contributed by atoms with Crippen molar-refractivity contribution in [3.63, 3.8) is 0 Å². The largest absolute Gasteiger partial charge is 0.308 e. The number of nitrogens with one attached hydrogen (secondary N) is 1. The Morgan fingerprint density at radius 2 is 2.10 bits per heavy atom. The fraction of sp³-hybridized carbons (Fsp3) is 0.615. The fourth-order valence-electron chi connectivity index (χ4n) is 2.66. The highest BCUT2D eigenvalue weighted by atomic mass is 32.2. The number of imidazole rings is 1. The number of sulfone groups is 1. The molecule has 0 spiro atoms. The van der Waals surface area contributed by atoms with Crippen molar-refractivity contribution in [2.75, 3.05) is 11.5 Å².